The number of nitrogens with zero attached hydrogens (tertiary/aromatic N) is 4. The highest BCUT2D eigenvalue weighted by Crippen LogP contribution is 2.22. The van der Waals surface area contributed by atoms with Gasteiger partial charge < -0.3 is 5.32 Å². The van der Waals surface area contributed by atoms with Gasteiger partial charge in [0.15, 0.2) is 0 Å². The Kier molecular flexibility index (Phi) is 4.18. The van der Waals surface area contributed by atoms with Gasteiger partial charge in [-0.1, -0.05) is 0 Å². The van der Waals surface area contributed by atoms with Crippen LogP contribution in [0.1, 0.15) is 24.2 Å². The van der Waals surface area contributed by atoms with Gasteiger partial charge in [-0.05, 0) is 26.0 Å². The summed E-state index contributed by atoms with van der Waals surface area (Å²) < 4.78 is 1.50. The molecule has 0 fully saturated rings. The summed E-state index contributed by atoms with van der Waals surface area (Å²) in [5.74, 6) is -0.367. The molecule has 0 spiro atoms. The van der Waals surface area contributed by atoms with E-state index in [1.807, 2.05) is 13.0 Å². The Morgan fingerprint density at radius 2 is 2.23 bits per heavy atom. The van der Waals surface area contributed by atoms with Crippen LogP contribution in [-0.4, -0.2) is 20.6 Å². The molecule has 2 rings (SSSR count). The van der Waals surface area contributed by atoms with Gasteiger partial charge in [-0.15, -0.1) is 0 Å². The molecular weight excluding hydrogens is 286 g/mol. The number of aromatic nitrogens is 2. The topological polar surface area (TPSA) is 114 Å². The van der Waals surface area contributed by atoms with Gasteiger partial charge in [0.05, 0.1) is 21.9 Å². The van der Waals surface area contributed by atoms with E-state index in [0.29, 0.717) is 0 Å². The molecule has 0 saturated carbocycles. The van der Waals surface area contributed by atoms with Gasteiger partial charge in [0.25, 0.3) is 5.69 Å². The van der Waals surface area contributed by atoms with Crippen molar-refractivity contribution >= 4 is 17.3 Å². The summed E-state index contributed by atoms with van der Waals surface area (Å²) in [7, 11) is 0. The molecule has 1 N–H and O–H groups in total. The second-order valence-corrected chi connectivity index (χ2v) is 4.70. The minimum absolute atomic E-state index is 0.0337. The van der Waals surface area contributed by atoms with Crippen LogP contribution in [0.4, 0.5) is 11.4 Å². The molecule has 1 aromatic heterocycles. The molecular formula is C14H13N5O3. The first-order valence-corrected chi connectivity index (χ1v) is 6.43. The number of anilines is 1. The van der Waals surface area contributed by atoms with Crippen molar-refractivity contribution in [1.82, 2.24) is 9.78 Å². The van der Waals surface area contributed by atoms with Crippen molar-refractivity contribution < 1.29 is 9.72 Å². The first-order chi connectivity index (χ1) is 10.4. The van der Waals surface area contributed by atoms with E-state index in [2.05, 4.69) is 10.4 Å². The van der Waals surface area contributed by atoms with Crippen LogP contribution in [0.2, 0.25) is 0 Å². The first-order valence-electron chi connectivity index (χ1n) is 6.43. The van der Waals surface area contributed by atoms with Gasteiger partial charge in [-0.2, -0.15) is 10.4 Å². The standard InChI is InChI=1S/C14H13N5O3/c1-9-5-6-18(17-9)10(2)14(20)16-13-4-3-12(19(21)22)7-11(13)8-15/h3-7,10H,1-2H3,(H,16,20). The van der Waals surface area contributed by atoms with E-state index in [4.69, 9.17) is 5.26 Å². The number of nitro benzene ring substituents is 1. The summed E-state index contributed by atoms with van der Waals surface area (Å²) in [5.41, 5.74) is 0.846. The molecule has 0 aliphatic rings. The van der Waals surface area contributed by atoms with Crippen LogP contribution in [-0.2, 0) is 4.79 Å². The first kappa shape index (κ1) is 15.2. The number of non-ortho nitro benzene ring substituents is 1. The van der Waals surface area contributed by atoms with Crippen LogP contribution < -0.4 is 5.32 Å². The van der Waals surface area contributed by atoms with E-state index in [9.17, 15) is 14.9 Å². The number of nitro groups is 1. The number of rotatable bonds is 4. The number of carbonyl (C=O) groups is 1. The maximum Gasteiger partial charge on any atom is 0.270 e. The third-order valence-electron chi connectivity index (χ3n) is 3.11. The maximum atomic E-state index is 12.2. The number of aryl methyl sites for hydroxylation is 1. The van der Waals surface area contributed by atoms with E-state index in [0.717, 1.165) is 11.8 Å². The number of carbonyl (C=O) groups excluding carboxylic acids is 1. The largest absolute Gasteiger partial charge is 0.323 e. The Bertz CT molecular complexity index is 775. The SMILES string of the molecule is Cc1ccn(C(C)C(=O)Nc2ccc([N+](=O)[O-])cc2C#N)n1. The molecule has 0 bridgehead atoms. The van der Waals surface area contributed by atoms with Crippen molar-refractivity contribution in [3.63, 3.8) is 0 Å². The summed E-state index contributed by atoms with van der Waals surface area (Å²) in [4.78, 5) is 22.3. The van der Waals surface area contributed by atoms with Crippen molar-refractivity contribution in [3.8, 4) is 6.07 Å². The van der Waals surface area contributed by atoms with E-state index >= 15 is 0 Å². The van der Waals surface area contributed by atoms with Gasteiger partial charge in [-0.3, -0.25) is 19.6 Å². The summed E-state index contributed by atoms with van der Waals surface area (Å²) in [6.07, 6.45) is 1.68. The maximum absolute atomic E-state index is 12.2. The fourth-order valence-electron chi connectivity index (χ4n) is 1.85. The fourth-order valence-corrected chi connectivity index (χ4v) is 1.85. The predicted octanol–water partition coefficient (Wildman–Crippen LogP) is 2.17. The number of amides is 1. The second-order valence-electron chi connectivity index (χ2n) is 4.70. The molecule has 1 aromatic carbocycles. The van der Waals surface area contributed by atoms with E-state index in [1.54, 1.807) is 19.2 Å². The Balaban J connectivity index is 2.21. The highest BCUT2D eigenvalue weighted by atomic mass is 16.6. The monoisotopic (exact) mass is 299 g/mol. The van der Waals surface area contributed by atoms with Crippen molar-refractivity contribution in [2.24, 2.45) is 0 Å². The normalized spacial score (nSPS) is 11.5. The summed E-state index contributed by atoms with van der Waals surface area (Å²) in [6.45, 7) is 3.48. The second kappa shape index (κ2) is 6.05. The van der Waals surface area contributed by atoms with Crippen molar-refractivity contribution in [2.75, 3.05) is 5.32 Å². The van der Waals surface area contributed by atoms with Crippen molar-refractivity contribution in [1.29, 1.82) is 5.26 Å². The predicted molar refractivity (Wildman–Crippen MR) is 78.1 cm³/mol. The quantitative estimate of drug-likeness (QED) is 0.686. The van der Waals surface area contributed by atoms with Crippen LogP contribution in [0, 0.1) is 28.4 Å². The van der Waals surface area contributed by atoms with Crippen molar-refractivity contribution in [3.05, 3.63) is 51.8 Å². The Labute approximate surface area is 126 Å². The van der Waals surface area contributed by atoms with E-state index in [-0.39, 0.29) is 22.8 Å². The molecule has 8 heteroatoms. The lowest BCUT2D eigenvalue weighted by Gasteiger charge is -2.13. The zero-order valence-corrected chi connectivity index (χ0v) is 12.0. The van der Waals surface area contributed by atoms with E-state index < -0.39 is 11.0 Å². The summed E-state index contributed by atoms with van der Waals surface area (Å²) in [5, 5.41) is 26.5. The van der Waals surface area contributed by atoms with Crippen LogP contribution >= 0.6 is 0 Å². The van der Waals surface area contributed by atoms with Crippen LogP contribution in [0.5, 0.6) is 0 Å². The molecule has 2 aromatic rings. The van der Waals surface area contributed by atoms with Gasteiger partial charge in [0, 0.05) is 18.3 Å². The zero-order valence-electron chi connectivity index (χ0n) is 12.0. The minimum Gasteiger partial charge on any atom is -0.323 e. The lowest BCUT2D eigenvalue weighted by molar-refractivity contribution is -0.384. The molecule has 0 aliphatic heterocycles. The average molecular weight is 299 g/mol. The highest BCUT2D eigenvalue weighted by molar-refractivity contribution is 5.94. The molecule has 1 atom stereocenters. The van der Waals surface area contributed by atoms with Gasteiger partial charge >= 0.3 is 0 Å². The average Bonchev–Trinajstić information content (AvgIpc) is 2.93. The third kappa shape index (κ3) is 3.09. The summed E-state index contributed by atoms with van der Waals surface area (Å²) >= 11 is 0. The molecule has 0 aliphatic carbocycles. The number of benzene rings is 1. The summed E-state index contributed by atoms with van der Waals surface area (Å²) in [6, 6.07) is 6.74. The zero-order chi connectivity index (χ0) is 16.3. The van der Waals surface area contributed by atoms with Gasteiger partial charge in [0.1, 0.15) is 12.1 Å². The Morgan fingerprint density at radius 3 is 2.77 bits per heavy atom. The fraction of sp³-hybridized carbons (Fsp3) is 0.214. The van der Waals surface area contributed by atoms with Gasteiger partial charge in [-0.25, -0.2) is 0 Å². The molecule has 8 nitrogen and oxygen atoms in total. The van der Waals surface area contributed by atoms with Crippen LogP contribution in [0.25, 0.3) is 0 Å². The van der Waals surface area contributed by atoms with Crippen molar-refractivity contribution in [2.45, 2.75) is 19.9 Å². The molecule has 22 heavy (non-hydrogen) atoms. The number of hydrogen-bond donors (Lipinski definition) is 1. The Hall–Kier alpha value is -3.21. The number of nitrogens with one attached hydrogen (secondary N) is 1. The number of hydrogen-bond acceptors (Lipinski definition) is 5. The molecule has 112 valence electrons. The third-order valence-corrected chi connectivity index (χ3v) is 3.11. The Morgan fingerprint density at radius 1 is 1.50 bits per heavy atom. The highest BCUT2D eigenvalue weighted by Gasteiger charge is 2.18. The van der Waals surface area contributed by atoms with E-state index in [1.165, 1.54) is 16.8 Å². The molecule has 0 radical (unpaired) electrons. The lowest BCUT2D eigenvalue weighted by Crippen LogP contribution is -2.24. The van der Waals surface area contributed by atoms with Gasteiger partial charge in [0.2, 0.25) is 5.91 Å². The molecule has 1 heterocycles. The molecule has 0 saturated heterocycles. The van der Waals surface area contributed by atoms with Crippen LogP contribution in [0.3, 0.4) is 0 Å². The lowest BCUT2D eigenvalue weighted by atomic mass is 10.1. The molecule has 1 unspecified atom stereocenters. The smallest absolute Gasteiger partial charge is 0.270 e. The minimum atomic E-state index is -0.596. The molecule has 1 amide bonds. The number of nitriles is 1. The van der Waals surface area contributed by atoms with Crippen LogP contribution in [0.15, 0.2) is 30.5 Å².